The van der Waals surface area contributed by atoms with Gasteiger partial charge in [0.2, 0.25) is 10.0 Å². The summed E-state index contributed by atoms with van der Waals surface area (Å²) in [5.74, 6) is -0.403. The van der Waals surface area contributed by atoms with Gasteiger partial charge in [-0.1, -0.05) is 29.8 Å². The number of carbonyl (C=O) groups excluding carboxylic acids is 1. The topological polar surface area (TPSA) is 78.5 Å². The fourth-order valence-electron chi connectivity index (χ4n) is 3.99. The van der Waals surface area contributed by atoms with Crippen LogP contribution in [0.5, 0.6) is 0 Å². The van der Waals surface area contributed by atoms with Crippen LogP contribution in [0.15, 0.2) is 65.6 Å². The average Bonchev–Trinajstić information content (AvgIpc) is 2.73. The quantitative estimate of drug-likeness (QED) is 0.417. The maximum Gasteiger partial charge on any atom is 0.326 e. The summed E-state index contributed by atoms with van der Waals surface area (Å²) in [5.41, 5.74) is 4.54. The molecule has 0 atom stereocenters. The minimum atomic E-state index is -3.70. The fourth-order valence-corrected chi connectivity index (χ4v) is 5.51. The number of benzene rings is 3. The molecule has 3 aromatic carbocycles. The van der Waals surface area contributed by atoms with Gasteiger partial charge in [0, 0.05) is 24.5 Å². The smallest absolute Gasteiger partial charge is 0.308 e. The third-order valence-electron chi connectivity index (χ3n) is 5.38. The second-order valence-corrected chi connectivity index (χ2v) is 10.1. The number of rotatable bonds is 8. The molecule has 3 aromatic rings. The van der Waals surface area contributed by atoms with Crippen molar-refractivity contribution in [2.24, 2.45) is 0 Å². The number of hydrogen-bond donors (Lipinski definition) is 2. The van der Waals surface area contributed by atoms with Crippen LogP contribution in [0.2, 0.25) is 0 Å². The van der Waals surface area contributed by atoms with Gasteiger partial charge in [0.15, 0.2) is 0 Å². The Morgan fingerprint density at radius 1 is 0.912 bits per heavy atom. The van der Waals surface area contributed by atoms with Crippen LogP contribution in [0, 0.1) is 33.5 Å². The predicted octanol–water partition coefficient (Wildman–Crippen LogP) is 5.47. The van der Waals surface area contributed by atoms with Gasteiger partial charge in [-0.2, -0.15) is 0 Å². The molecule has 0 saturated carbocycles. The van der Waals surface area contributed by atoms with E-state index in [0.29, 0.717) is 28.9 Å². The molecule has 0 bridgehead atoms. The first-order valence-corrected chi connectivity index (χ1v) is 12.5. The van der Waals surface area contributed by atoms with E-state index >= 15 is 0 Å². The number of aryl methyl sites for hydroxylation is 4. The molecule has 0 spiro atoms. The summed E-state index contributed by atoms with van der Waals surface area (Å²) in [6.07, 6.45) is 0.363. The third-order valence-corrected chi connectivity index (χ3v) is 7.14. The number of halogens is 1. The standard InChI is InChI=1S/C26H30FN3O3S/c1-18-7-5-8-23(17-18)29-26(31)30(24-11-9-22(27)10-12-24)14-6-13-28-34(32,33)25-20(3)15-19(2)16-21(25)4/h5,7-12,15-17,28H,6,13-14H2,1-4H3,(H,29,31). The van der Waals surface area contributed by atoms with E-state index in [0.717, 1.165) is 11.1 Å². The highest BCUT2D eigenvalue weighted by atomic mass is 32.2. The first-order chi connectivity index (χ1) is 16.1. The van der Waals surface area contributed by atoms with Crippen LogP contribution >= 0.6 is 0 Å². The van der Waals surface area contributed by atoms with Gasteiger partial charge in [-0.15, -0.1) is 0 Å². The third kappa shape index (κ3) is 6.42. The molecule has 3 rings (SSSR count). The van der Waals surface area contributed by atoms with Crippen LogP contribution in [-0.4, -0.2) is 27.5 Å². The van der Waals surface area contributed by atoms with E-state index in [2.05, 4.69) is 10.0 Å². The van der Waals surface area contributed by atoms with Gasteiger partial charge in [-0.25, -0.2) is 22.3 Å². The highest BCUT2D eigenvalue weighted by molar-refractivity contribution is 7.89. The molecule has 0 aromatic heterocycles. The fraction of sp³-hybridized carbons (Fsp3) is 0.269. The summed E-state index contributed by atoms with van der Waals surface area (Å²) in [7, 11) is -3.70. The Balaban J connectivity index is 1.71. The van der Waals surface area contributed by atoms with Crippen molar-refractivity contribution < 1.29 is 17.6 Å². The van der Waals surface area contributed by atoms with Gasteiger partial charge >= 0.3 is 6.03 Å². The van der Waals surface area contributed by atoms with Crippen molar-refractivity contribution >= 4 is 27.4 Å². The highest BCUT2D eigenvalue weighted by Gasteiger charge is 2.20. The summed E-state index contributed by atoms with van der Waals surface area (Å²) < 4.78 is 41.9. The van der Waals surface area contributed by atoms with Gasteiger partial charge in [0.05, 0.1) is 4.90 Å². The number of hydrogen-bond acceptors (Lipinski definition) is 3. The summed E-state index contributed by atoms with van der Waals surface area (Å²) >= 11 is 0. The van der Waals surface area contributed by atoms with Gasteiger partial charge in [0.25, 0.3) is 0 Å². The van der Waals surface area contributed by atoms with Gasteiger partial charge in [0.1, 0.15) is 5.82 Å². The molecule has 8 heteroatoms. The molecular formula is C26H30FN3O3S. The predicted molar refractivity (Wildman–Crippen MR) is 134 cm³/mol. The van der Waals surface area contributed by atoms with E-state index in [9.17, 15) is 17.6 Å². The number of nitrogens with zero attached hydrogens (tertiary/aromatic N) is 1. The number of carbonyl (C=O) groups is 1. The highest BCUT2D eigenvalue weighted by Crippen LogP contribution is 2.22. The van der Waals surface area contributed by atoms with Crippen molar-refractivity contribution in [2.45, 2.75) is 39.0 Å². The van der Waals surface area contributed by atoms with Gasteiger partial charge in [-0.3, -0.25) is 4.90 Å². The lowest BCUT2D eigenvalue weighted by Gasteiger charge is -2.23. The Morgan fingerprint density at radius 3 is 2.18 bits per heavy atom. The molecule has 6 nitrogen and oxygen atoms in total. The van der Waals surface area contributed by atoms with E-state index in [1.54, 1.807) is 19.9 Å². The average molecular weight is 484 g/mol. The molecule has 0 heterocycles. The molecule has 0 aliphatic heterocycles. The van der Waals surface area contributed by atoms with E-state index in [4.69, 9.17) is 0 Å². The van der Waals surface area contributed by atoms with Gasteiger partial charge in [-0.05, 0) is 87.2 Å². The zero-order valence-electron chi connectivity index (χ0n) is 19.9. The summed E-state index contributed by atoms with van der Waals surface area (Å²) in [6, 6.07) is 16.3. The Hall–Kier alpha value is -3.23. The summed E-state index contributed by atoms with van der Waals surface area (Å²) in [5, 5.41) is 2.85. The van der Waals surface area contributed by atoms with Crippen molar-refractivity contribution in [3.8, 4) is 0 Å². The van der Waals surface area contributed by atoms with Crippen LogP contribution in [0.4, 0.5) is 20.6 Å². The van der Waals surface area contributed by atoms with E-state index < -0.39 is 15.8 Å². The van der Waals surface area contributed by atoms with Crippen molar-refractivity contribution in [2.75, 3.05) is 23.3 Å². The molecule has 0 unspecified atom stereocenters. The number of nitrogens with one attached hydrogen (secondary N) is 2. The van der Waals surface area contributed by atoms with Gasteiger partial charge < -0.3 is 5.32 Å². The lowest BCUT2D eigenvalue weighted by molar-refractivity contribution is 0.257. The van der Waals surface area contributed by atoms with Crippen molar-refractivity contribution in [3.63, 3.8) is 0 Å². The Bertz CT molecular complexity index is 1250. The largest absolute Gasteiger partial charge is 0.326 e. The second-order valence-electron chi connectivity index (χ2n) is 8.41. The maximum atomic E-state index is 13.4. The molecule has 0 aliphatic carbocycles. The molecule has 0 radical (unpaired) electrons. The van der Waals surface area contributed by atoms with Crippen LogP contribution in [-0.2, 0) is 10.0 Å². The van der Waals surface area contributed by atoms with E-state index in [-0.39, 0.29) is 24.0 Å². The van der Waals surface area contributed by atoms with Crippen molar-refractivity contribution in [1.82, 2.24) is 4.72 Å². The van der Waals surface area contributed by atoms with Crippen LogP contribution < -0.4 is 14.9 Å². The zero-order valence-corrected chi connectivity index (χ0v) is 20.7. The lowest BCUT2D eigenvalue weighted by Crippen LogP contribution is -2.37. The summed E-state index contributed by atoms with van der Waals surface area (Å²) in [4.78, 5) is 14.8. The van der Waals surface area contributed by atoms with E-state index in [1.807, 2.05) is 44.2 Å². The normalized spacial score (nSPS) is 11.3. The molecule has 0 saturated heterocycles. The first-order valence-electron chi connectivity index (χ1n) is 11.0. The number of urea groups is 1. The van der Waals surface area contributed by atoms with E-state index in [1.165, 1.54) is 29.2 Å². The molecule has 0 aliphatic rings. The minimum Gasteiger partial charge on any atom is -0.308 e. The zero-order chi connectivity index (χ0) is 24.9. The molecule has 2 amide bonds. The number of amides is 2. The van der Waals surface area contributed by atoms with Crippen molar-refractivity contribution in [3.05, 3.63) is 88.7 Å². The molecule has 34 heavy (non-hydrogen) atoms. The number of sulfonamides is 1. The SMILES string of the molecule is Cc1cccc(NC(=O)N(CCCNS(=O)(=O)c2c(C)cc(C)cc2C)c2ccc(F)cc2)c1. The molecule has 0 fully saturated rings. The monoisotopic (exact) mass is 483 g/mol. The Morgan fingerprint density at radius 2 is 1.56 bits per heavy atom. The minimum absolute atomic E-state index is 0.143. The molecule has 2 N–H and O–H groups in total. The maximum absolute atomic E-state index is 13.4. The Kier molecular flexibility index (Phi) is 8.06. The van der Waals surface area contributed by atoms with Crippen LogP contribution in [0.25, 0.3) is 0 Å². The Labute approximate surface area is 200 Å². The number of anilines is 2. The van der Waals surface area contributed by atoms with Crippen LogP contribution in [0.1, 0.15) is 28.7 Å². The van der Waals surface area contributed by atoms with Crippen molar-refractivity contribution in [1.29, 1.82) is 0 Å². The summed E-state index contributed by atoms with van der Waals surface area (Å²) in [6.45, 7) is 7.79. The lowest BCUT2D eigenvalue weighted by atomic mass is 10.1. The molecule has 180 valence electrons. The first kappa shape index (κ1) is 25.4. The second kappa shape index (κ2) is 10.8. The van der Waals surface area contributed by atoms with Crippen LogP contribution in [0.3, 0.4) is 0 Å². The molecular weight excluding hydrogens is 453 g/mol.